The van der Waals surface area contributed by atoms with Crippen LogP contribution in [0.5, 0.6) is 0 Å². The molecule has 0 radical (unpaired) electrons. The van der Waals surface area contributed by atoms with Crippen molar-refractivity contribution in [3.8, 4) is 0 Å². The van der Waals surface area contributed by atoms with Crippen LogP contribution in [0.3, 0.4) is 0 Å². The van der Waals surface area contributed by atoms with Gasteiger partial charge in [0.15, 0.2) is 5.96 Å². The third-order valence-corrected chi connectivity index (χ3v) is 4.46. The number of guanidine groups is 1. The van der Waals surface area contributed by atoms with Gasteiger partial charge in [0.1, 0.15) is 0 Å². The second-order valence-electron chi connectivity index (χ2n) is 6.68. The molecule has 164 valence electrons. The van der Waals surface area contributed by atoms with Crippen LogP contribution in [0.1, 0.15) is 47.9 Å². The van der Waals surface area contributed by atoms with Crippen LogP contribution < -0.4 is 16.0 Å². The molecule has 0 fully saturated rings. The van der Waals surface area contributed by atoms with E-state index < -0.39 is 0 Å². The van der Waals surface area contributed by atoms with Crippen molar-refractivity contribution in [1.82, 2.24) is 16.0 Å². The number of aliphatic imine (C=N–C) groups is 1. The van der Waals surface area contributed by atoms with Gasteiger partial charge >= 0.3 is 0 Å². The highest BCUT2D eigenvalue weighted by Gasteiger charge is 2.05. The molecule has 0 aliphatic heterocycles. The van der Waals surface area contributed by atoms with E-state index in [0.717, 1.165) is 31.0 Å². The van der Waals surface area contributed by atoms with Crippen molar-refractivity contribution in [1.29, 1.82) is 0 Å². The molecular formula is C23H33IN4O2. The fourth-order valence-electron chi connectivity index (χ4n) is 2.78. The third-order valence-electron chi connectivity index (χ3n) is 4.46. The average Bonchev–Trinajstić information content (AvgIpc) is 2.77. The molecule has 2 rings (SSSR count). The van der Waals surface area contributed by atoms with E-state index in [4.69, 9.17) is 4.74 Å². The van der Waals surface area contributed by atoms with Crippen molar-refractivity contribution >= 4 is 35.8 Å². The molecule has 2 aromatic rings. The van der Waals surface area contributed by atoms with E-state index in [1.165, 1.54) is 5.56 Å². The number of nitrogens with one attached hydrogen (secondary N) is 3. The molecule has 2 aromatic carbocycles. The van der Waals surface area contributed by atoms with Crippen molar-refractivity contribution in [2.24, 2.45) is 4.99 Å². The molecule has 1 amide bonds. The summed E-state index contributed by atoms with van der Waals surface area (Å²) in [5, 5.41) is 9.21. The Morgan fingerprint density at radius 1 is 1.07 bits per heavy atom. The lowest BCUT2D eigenvalue weighted by Gasteiger charge is -2.14. The second-order valence-corrected chi connectivity index (χ2v) is 6.68. The maximum absolute atomic E-state index is 11.6. The first kappa shape index (κ1) is 25.9. The molecule has 30 heavy (non-hydrogen) atoms. The molecule has 7 heteroatoms. The van der Waals surface area contributed by atoms with Gasteiger partial charge in [-0.15, -0.1) is 24.0 Å². The molecule has 0 spiro atoms. The summed E-state index contributed by atoms with van der Waals surface area (Å²) in [6.07, 6.45) is 0.985. The molecule has 1 unspecified atom stereocenters. The van der Waals surface area contributed by atoms with Gasteiger partial charge in [0.25, 0.3) is 5.91 Å². The van der Waals surface area contributed by atoms with Gasteiger partial charge in [0.05, 0.1) is 12.6 Å². The standard InChI is InChI=1S/C23H32N4O2.HI/c1-4-25-23(27-17-19-11-13-21(14-12-19)22(28)24-3)26-15-8-16-29-18(2)20-9-6-5-7-10-20;/h5-7,9-14,18H,4,8,15-17H2,1-3H3,(H,24,28)(H2,25,26,27);1H. The van der Waals surface area contributed by atoms with Gasteiger partial charge < -0.3 is 20.7 Å². The average molecular weight is 524 g/mol. The summed E-state index contributed by atoms with van der Waals surface area (Å²) in [6.45, 7) is 6.92. The Morgan fingerprint density at radius 2 is 1.77 bits per heavy atom. The molecule has 0 saturated heterocycles. The normalized spacial score (nSPS) is 11.9. The fourth-order valence-corrected chi connectivity index (χ4v) is 2.78. The first-order valence-electron chi connectivity index (χ1n) is 10.1. The first-order chi connectivity index (χ1) is 14.1. The number of carbonyl (C=O) groups is 1. The molecule has 3 N–H and O–H groups in total. The number of amides is 1. The van der Waals surface area contributed by atoms with Gasteiger partial charge in [-0.2, -0.15) is 0 Å². The number of benzene rings is 2. The lowest BCUT2D eigenvalue weighted by molar-refractivity contribution is 0.0646. The summed E-state index contributed by atoms with van der Waals surface area (Å²) in [5.41, 5.74) is 2.89. The number of rotatable bonds is 10. The van der Waals surface area contributed by atoms with E-state index >= 15 is 0 Å². The first-order valence-corrected chi connectivity index (χ1v) is 10.1. The van der Waals surface area contributed by atoms with Crippen molar-refractivity contribution < 1.29 is 9.53 Å². The highest BCUT2D eigenvalue weighted by Crippen LogP contribution is 2.15. The van der Waals surface area contributed by atoms with Gasteiger partial charge in [0.2, 0.25) is 0 Å². The van der Waals surface area contributed by atoms with Gasteiger partial charge in [-0.3, -0.25) is 4.79 Å². The largest absolute Gasteiger partial charge is 0.374 e. The predicted molar refractivity (Wildman–Crippen MR) is 133 cm³/mol. The lowest BCUT2D eigenvalue weighted by atomic mass is 10.1. The smallest absolute Gasteiger partial charge is 0.251 e. The summed E-state index contributed by atoms with van der Waals surface area (Å²) < 4.78 is 5.91. The Kier molecular flexibility index (Phi) is 12.8. The van der Waals surface area contributed by atoms with Gasteiger partial charge in [0, 0.05) is 32.3 Å². The van der Waals surface area contributed by atoms with Gasteiger partial charge in [-0.1, -0.05) is 42.5 Å². The monoisotopic (exact) mass is 524 g/mol. The van der Waals surface area contributed by atoms with Crippen LogP contribution in [0.4, 0.5) is 0 Å². The number of carbonyl (C=O) groups excluding carboxylic acids is 1. The van der Waals surface area contributed by atoms with E-state index in [0.29, 0.717) is 18.7 Å². The van der Waals surface area contributed by atoms with Crippen molar-refractivity contribution in [3.05, 3.63) is 71.3 Å². The van der Waals surface area contributed by atoms with Crippen molar-refractivity contribution in [3.63, 3.8) is 0 Å². The van der Waals surface area contributed by atoms with Crippen LogP contribution in [0.15, 0.2) is 59.6 Å². The molecule has 0 bridgehead atoms. The molecule has 0 aliphatic carbocycles. The molecule has 0 heterocycles. The predicted octanol–water partition coefficient (Wildman–Crippen LogP) is 3.89. The summed E-state index contributed by atoms with van der Waals surface area (Å²) in [4.78, 5) is 16.2. The van der Waals surface area contributed by atoms with Gasteiger partial charge in [-0.05, 0) is 43.5 Å². The van der Waals surface area contributed by atoms with Crippen LogP contribution in [0, 0.1) is 0 Å². The third kappa shape index (κ3) is 9.13. The van der Waals surface area contributed by atoms with Gasteiger partial charge in [-0.25, -0.2) is 4.99 Å². The SMILES string of the molecule is CCNC(=NCc1ccc(C(=O)NC)cc1)NCCCOC(C)c1ccccc1.I. The minimum Gasteiger partial charge on any atom is -0.374 e. The quantitative estimate of drug-likeness (QED) is 0.191. The highest BCUT2D eigenvalue weighted by molar-refractivity contribution is 14.0. The molecular weight excluding hydrogens is 491 g/mol. The minimum absolute atomic E-state index is 0. The Hall–Kier alpha value is -2.13. The molecule has 6 nitrogen and oxygen atoms in total. The Labute approximate surface area is 196 Å². The zero-order valence-corrected chi connectivity index (χ0v) is 20.3. The zero-order valence-electron chi connectivity index (χ0n) is 18.0. The van der Waals surface area contributed by atoms with Crippen molar-refractivity contribution in [2.75, 3.05) is 26.7 Å². The second kappa shape index (κ2) is 14.8. The topological polar surface area (TPSA) is 74.8 Å². The van der Waals surface area contributed by atoms with Crippen LogP contribution in [0.2, 0.25) is 0 Å². The Morgan fingerprint density at radius 3 is 2.40 bits per heavy atom. The maximum Gasteiger partial charge on any atom is 0.251 e. The number of hydrogen-bond acceptors (Lipinski definition) is 3. The molecule has 0 aromatic heterocycles. The van der Waals surface area contributed by atoms with Crippen LogP contribution >= 0.6 is 24.0 Å². The molecule has 1 atom stereocenters. The molecule has 0 saturated carbocycles. The number of hydrogen-bond donors (Lipinski definition) is 3. The lowest BCUT2D eigenvalue weighted by Crippen LogP contribution is -2.38. The van der Waals surface area contributed by atoms with E-state index in [9.17, 15) is 4.79 Å². The summed E-state index contributed by atoms with van der Waals surface area (Å²) in [7, 11) is 1.63. The Balaban J connectivity index is 0.00000450. The highest BCUT2D eigenvalue weighted by atomic mass is 127. The summed E-state index contributed by atoms with van der Waals surface area (Å²) >= 11 is 0. The zero-order chi connectivity index (χ0) is 20.9. The van der Waals surface area contributed by atoms with Crippen LogP contribution in [-0.4, -0.2) is 38.6 Å². The minimum atomic E-state index is -0.0844. The van der Waals surface area contributed by atoms with E-state index in [1.54, 1.807) is 7.05 Å². The molecule has 0 aliphatic rings. The number of nitrogens with zero attached hydrogens (tertiary/aromatic N) is 1. The van der Waals surface area contributed by atoms with E-state index in [-0.39, 0.29) is 36.0 Å². The van der Waals surface area contributed by atoms with Crippen molar-refractivity contribution in [2.45, 2.75) is 32.9 Å². The number of ether oxygens (including phenoxy) is 1. The maximum atomic E-state index is 11.6. The summed E-state index contributed by atoms with van der Waals surface area (Å²) in [6, 6.07) is 17.7. The number of halogens is 1. The van der Waals surface area contributed by atoms with Crippen LogP contribution in [0.25, 0.3) is 0 Å². The van der Waals surface area contributed by atoms with Crippen LogP contribution in [-0.2, 0) is 11.3 Å². The summed E-state index contributed by atoms with van der Waals surface area (Å²) in [5.74, 6) is 0.692. The van der Waals surface area contributed by atoms with E-state index in [2.05, 4.69) is 40.0 Å². The fraction of sp³-hybridized carbons (Fsp3) is 0.391. The van der Waals surface area contributed by atoms with E-state index in [1.807, 2.05) is 49.4 Å². The Bertz CT molecular complexity index is 767.